The number of primary amides is 1. The SMILES string of the molecule is NC(=O)C1=CNCCS1. The number of carbonyl (C=O) groups is 1. The van der Waals surface area contributed by atoms with E-state index < -0.39 is 0 Å². The van der Waals surface area contributed by atoms with Crippen LogP contribution in [0.15, 0.2) is 11.1 Å². The van der Waals surface area contributed by atoms with Crippen LogP contribution in [0.25, 0.3) is 0 Å². The molecule has 1 heterocycles. The van der Waals surface area contributed by atoms with Crippen molar-refractivity contribution < 1.29 is 4.79 Å². The third-order valence-electron chi connectivity index (χ3n) is 0.980. The Kier molecular flexibility index (Phi) is 2.00. The number of hydrogen-bond acceptors (Lipinski definition) is 3. The molecule has 0 fully saturated rings. The molecule has 1 amide bonds. The van der Waals surface area contributed by atoms with Crippen molar-refractivity contribution >= 4 is 17.7 Å². The van der Waals surface area contributed by atoms with E-state index >= 15 is 0 Å². The third kappa shape index (κ3) is 1.64. The van der Waals surface area contributed by atoms with E-state index in [4.69, 9.17) is 5.73 Å². The summed E-state index contributed by atoms with van der Waals surface area (Å²) in [4.78, 5) is 11.1. The molecule has 0 aromatic heterocycles. The number of thioether (sulfide) groups is 1. The van der Waals surface area contributed by atoms with Gasteiger partial charge in [0.1, 0.15) is 0 Å². The molecule has 1 aliphatic rings. The Morgan fingerprint density at radius 3 is 3.00 bits per heavy atom. The molecule has 0 saturated heterocycles. The van der Waals surface area contributed by atoms with Gasteiger partial charge in [-0.2, -0.15) is 0 Å². The standard InChI is InChI=1S/C5H8N2OS/c6-5(8)4-3-7-1-2-9-4/h3,7H,1-2H2,(H2,6,8). The van der Waals surface area contributed by atoms with Crippen molar-refractivity contribution in [2.45, 2.75) is 0 Å². The van der Waals surface area contributed by atoms with Crippen molar-refractivity contribution in [2.75, 3.05) is 12.3 Å². The van der Waals surface area contributed by atoms with Gasteiger partial charge in [-0.05, 0) is 0 Å². The monoisotopic (exact) mass is 144 g/mol. The molecule has 4 heteroatoms. The highest BCUT2D eigenvalue weighted by molar-refractivity contribution is 8.04. The van der Waals surface area contributed by atoms with E-state index in [9.17, 15) is 4.79 Å². The Balaban J connectivity index is 2.57. The van der Waals surface area contributed by atoms with Crippen LogP contribution in [-0.4, -0.2) is 18.2 Å². The van der Waals surface area contributed by atoms with Gasteiger partial charge < -0.3 is 11.1 Å². The van der Waals surface area contributed by atoms with Gasteiger partial charge in [0.2, 0.25) is 0 Å². The van der Waals surface area contributed by atoms with Gasteiger partial charge in [0.25, 0.3) is 5.91 Å². The second-order valence-electron chi connectivity index (χ2n) is 1.68. The Labute approximate surface area is 57.7 Å². The molecule has 3 N–H and O–H groups in total. The fraction of sp³-hybridized carbons (Fsp3) is 0.400. The molecule has 0 saturated carbocycles. The van der Waals surface area contributed by atoms with E-state index in [1.807, 2.05) is 0 Å². The topological polar surface area (TPSA) is 55.1 Å². The van der Waals surface area contributed by atoms with E-state index in [0.717, 1.165) is 12.3 Å². The summed E-state index contributed by atoms with van der Waals surface area (Å²) in [6.45, 7) is 0.918. The summed E-state index contributed by atoms with van der Waals surface area (Å²) in [5, 5.41) is 2.93. The highest BCUT2D eigenvalue weighted by Gasteiger charge is 2.07. The predicted octanol–water partition coefficient (Wildman–Crippen LogP) is -0.351. The molecule has 9 heavy (non-hydrogen) atoms. The molecular formula is C5H8N2OS. The van der Waals surface area contributed by atoms with Gasteiger partial charge in [-0.25, -0.2) is 0 Å². The van der Waals surface area contributed by atoms with Crippen LogP contribution in [0.4, 0.5) is 0 Å². The lowest BCUT2D eigenvalue weighted by molar-refractivity contribution is -0.113. The average Bonchev–Trinajstić information content (AvgIpc) is 1.90. The van der Waals surface area contributed by atoms with Gasteiger partial charge in [-0.1, -0.05) is 0 Å². The van der Waals surface area contributed by atoms with Crippen molar-refractivity contribution in [3.8, 4) is 0 Å². The molecule has 3 nitrogen and oxygen atoms in total. The minimum atomic E-state index is -0.341. The second kappa shape index (κ2) is 2.77. The predicted molar refractivity (Wildman–Crippen MR) is 37.7 cm³/mol. The maximum absolute atomic E-state index is 10.4. The molecule has 0 aromatic carbocycles. The summed E-state index contributed by atoms with van der Waals surface area (Å²) in [7, 11) is 0. The fourth-order valence-electron chi connectivity index (χ4n) is 0.569. The van der Waals surface area contributed by atoms with Crippen LogP contribution in [0, 0.1) is 0 Å². The molecule has 0 radical (unpaired) electrons. The number of carbonyl (C=O) groups excluding carboxylic acids is 1. The molecule has 1 aliphatic heterocycles. The zero-order chi connectivity index (χ0) is 6.69. The number of nitrogens with two attached hydrogens (primary N) is 1. The molecule has 0 bridgehead atoms. The zero-order valence-corrected chi connectivity index (χ0v) is 5.70. The van der Waals surface area contributed by atoms with E-state index in [-0.39, 0.29) is 5.91 Å². The second-order valence-corrected chi connectivity index (χ2v) is 2.81. The fourth-order valence-corrected chi connectivity index (χ4v) is 1.32. The molecular weight excluding hydrogens is 136 g/mol. The highest BCUT2D eigenvalue weighted by Crippen LogP contribution is 2.15. The molecule has 1 rings (SSSR count). The largest absolute Gasteiger partial charge is 0.389 e. The van der Waals surface area contributed by atoms with Crippen molar-refractivity contribution in [3.05, 3.63) is 11.1 Å². The number of nitrogens with one attached hydrogen (secondary N) is 1. The molecule has 0 atom stereocenters. The van der Waals surface area contributed by atoms with Crippen LogP contribution in [0.3, 0.4) is 0 Å². The summed E-state index contributed by atoms with van der Waals surface area (Å²) >= 11 is 1.50. The minimum Gasteiger partial charge on any atom is -0.389 e. The smallest absolute Gasteiger partial charge is 0.256 e. The van der Waals surface area contributed by atoms with E-state index in [1.54, 1.807) is 6.20 Å². The number of rotatable bonds is 1. The quantitative estimate of drug-likeness (QED) is 0.529. The van der Waals surface area contributed by atoms with Crippen LogP contribution >= 0.6 is 11.8 Å². The zero-order valence-electron chi connectivity index (χ0n) is 4.89. The molecule has 0 aromatic rings. The van der Waals surface area contributed by atoms with Crippen molar-refractivity contribution in [2.24, 2.45) is 5.73 Å². The summed E-state index contributed by atoms with van der Waals surface area (Å²) in [5.74, 6) is 0.585. The lowest BCUT2D eigenvalue weighted by Gasteiger charge is -2.09. The molecule has 0 spiro atoms. The Hall–Kier alpha value is -0.640. The van der Waals surface area contributed by atoms with Gasteiger partial charge in [0.05, 0.1) is 4.91 Å². The van der Waals surface area contributed by atoms with Crippen molar-refractivity contribution in [1.29, 1.82) is 0 Å². The van der Waals surface area contributed by atoms with Crippen LogP contribution in [-0.2, 0) is 4.79 Å². The molecule has 50 valence electrons. The first kappa shape index (κ1) is 6.48. The van der Waals surface area contributed by atoms with Crippen LogP contribution in [0.1, 0.15) is 0 Å². The number of amides is 1. The van der Waals surface area contributed by atoms with Gasteiger partial charge in [-0.15, -0.1) is 11.8 Å². The van der Waals surface area contributed by atoms with Crippen LogP contribution < -0.4 is 11.1 Å². The average molecular weight is 144 g/mol. The summed E-state index contributed by atoms with van der Waals surface area (Å²) < 4.78 is 0. The Morgan fingerprint density at radius 1 is 1.89 bits per heavy atom. The first-order valence-electron chi connectivity index (χ1n) is 2.67. The van der Waals surface area contributed by atoms with E-state index in [2.05, 4.69) is 5.32 Å². The van der Waals surface area contributed by atoms with Crippen molar-refractivity contribution in [3.63, 3.8) is 0 Å². The Morgan fingerprint density at radius 2 is 2.67 bits per heavy atom. The van der Waals surface area contributed by atoms with Gasteiger partial charge in [-0.3, -0.25) is 4.79 Å². The third-order valence-corrected chi connectivity index (χ3v) is 2.02. The lowest BCUT2D eigenvalue weighted by atomic mass is 10.5. The number of hydrogen-bond donors (Lipinski definition) is 2. The Bertz CT molecular complexity index is 155. The summed E-state index contributed by atoms with van der Waals surface area (Å²) in [6.07, 6.45) is 1.66. The van der Waals surface area contributed by atoms with Crippen molar-refractivity contribution in [1.82, 2.24) is 5.32 Å². The maximum atomic E-state index is 10.4. The van der Waals surface area contributed by atoms with Crippen LogP contribution in [0.5, 0.6) is 0 Å². The van der Waals surface area contributed by atoms with Crippen LogP contribution in [0.2, 0.25) is 0 Å². The molecule has 0 unspecified atom stereocenters. The van der Waals surface area contributed by atoms with Gasteiger partial charge in [0, 0.05) is 18.5 Å². The first-order chi connectivity index (χ1) is 4.30. The maximum Gasteiger partial charge on any atom is 0.256 e. The summed E-state index contributed by atoms with van der Waals surface area (Å²) in [6, 6.07) is 0. The van der Waals surface area contributed by atoms with Gasteiger partial charge >= 0.3 is 0 Å². The first-order valence-corrected chi connectivity index (χ1v) is 3.65. The molecule has 0 aliphatic carbocycles. The van der Waals surface area contributed by atoms with E-state index in [1.165, 1.54) is 11.8 Å². The minimum absolute atomic E-state index is 0.341. The highest BCUT2D eigenvalue weighted by atomic mass is 32.2. The van der Waals surface area contributed by atoms with Gasteiger partial charge in [0.15, 0.2) is 0 Å². The lowest BCUT2D eigenvalue weighted by Crippen LogP contribution is -2.21. The normalized spacial score (nSPS) is 18.0. The summed E-state index contributed by atoms with van der Waals surface area (Å²) in [5.41, 5.74) is 5.00. The van der Waals surface area contributed by atoms with E-state index in [0.29, 0.717) is 4.91 Å².